The molecular formula is C13H21ClN2O. The van der Waals surface area contributed by atoms with Gasteiger partial charge in [0.15, 0.2) is 0 Å². The van der Waals surface area contributed by atoms with Crippen molar-refractivity contribution in [3.05, 3.63) is 28.8 Å². The number of hydrogen-bond acceptors (Lipinski definition) is 3. The molecule has 17 heavy (non-hydrogen) atoms. The molecule has 1 atom stereocenters. The molecule has 0 spiro atoms. The van der Waals surface area contributed by atoms with E-state index in [0.29, 0.717) is 11.6 Å². The fraction of sp³-hybridized carbons (Fsp3) is 0.538. The number of benzene rings is 1. The van der Waals surface area contributed by atoms with Crippen LogP contribution in [0.5, 0.6) is 5.75 Å². The van der Waals surface area contributed by atoms with Crippen LogP contribution in [0.1, 0.15) is 31.9 Å². The van der Waals surface area contributed by atoms with Gasteiger partial charge < -0.3 is 16.2 Å². The Bertz CT molecular complexity index is 380. The van der Waals surface area contributed by atoms with Gasteiger partial charge in [0, 0.05) is 11.1 Å². The lowest BCUT2D eigenvalue weighted by Crippen LogP contribution is -2.31. The molecule has 1 unspecified atom stereocenters. The second-order valence-corrected chi connectivity index (χ2v) is 5.30. The largest absolute Gasteiger partial charge is 0.497 e. The van der Waals surface area contributed by atoms with Crippen LogP contribution < -0.4 is 16.2 Å². The molecule has 0 fully saturated rings. The Hall–Kier alpha value is -0.770. The van der Waals surface area contributed by atoms with E-state index >= 15 is 0 Å². The molecule has 4 heteroatoms. The minimum Gasteiger partial charge on any atom is -0.497 e. The summed E-state index contributed by atoms with van der Waals surface area (Å²) < 4.78 is 5.12. The zero-order valence-corrected chi connectivity index (χ0v) is 11.4. The van der Waals surface area contributed by atoms with Crippen LogP contribution in [0.25, 0.3) is 0 Å². The summed E-state index contributed by atoms with van der Waals surface area (Å²) in [6, 6.07) is 5.45. The van der Waals surface area contributed by atoms with Crippen LogP contribution in [0, 0.1) is 5.41 Å². The maximum absolute atomic E-state index is 6.27. The van der Waals surface area contributed by atoms with Crippen LogP contribution in [0.2, 0.25) is 5.02 Å². The lowest BCUT2D eigenvalue weighted by atomic mass is 9.78. The summed E-state index contributed by atoms with van der Waals surface area (Å²) in [7, 11) is 1.61. The van der Waals surface area contributed by atoms with Gasteiger partial charge in [-0.05, 0) is 36.1 Å². The Morgan fingerprint density at radius 1 is 1.41 bits per heavy atom. The molecular weight excluding hydrogens is 236 g/mol. The number of nitrogens with two attached hydrogens (primary N) is 2. The lowest BCUT2D eigenvalue weighted by Gasteiger charge is -2.32. The Balaban J connectivity index is 3.00. The van der Waals surface area contributed by atoms with E-state index in [9.17, 15) is 0 Å². The highest BCUT2D eigenvalue weighted by atomic mass is 35.5. The molecule has 0 saturated carbocycles. The fourth-order valence-corrected chi connectivity index (χ4v) is 2.12. The number of ether oxygens (including phenoxy) is 1. The normalized spacial score (nSPS) is 13.5. The predicted molar refractivity (Wildman–Crippen MR) is 72.4 cm³/mol. The first-order valence-corrected chi connectivity index (χ1v) is 6.09. The molecule has 0 aliphatic rings. The highest BCUT2D eigenvalue weighted by molar-refractivity contribution is 6.31. The molecule has 0 radical (unpaired) electrons. The van der Waals surface area contributed by atoms with E-state index in [4.69, 9.17) is 27.8 Å². The molecule has 0 amide bonds. The average molecular weight is 257 g/mol. The summed E-state index contributed by atoms with van der Waals surface area (Å²) in [6.45, 7) is 4.82. The predicted octanol–water partition coefficient (Wildman–Crippen LogP) is 2.72. The minimum absolute atomic E-state index is 0.0764. The second-order valence-electron chi connectivity index (χ2n) is 4.89. The van der Waals surface area contributed by atoms with Crippen molar-refractivity contribution >= 4 is 11.6 Å². The third kappa shape index (κ3) is 3.35. The molecule has 0 aliphatic heterocycles. The molecule has 0 saturated heterocycles. The smallest absolute Gasteiger partial charge is 0.120 e. The molecule has 0 aromatic heterocycles. The quantitative estimate of drug-likeness (QED) is 0.852. The van der Waals surface area contributed by atoms with Gasteiger partial charge >= 0.3 is 0 Å². The Morgan fingerprint density at radius 3 is 2.53 bits per heavy atom. The van der Waals surface area contributed by atoms with E-state index in [-0.39, 0.29) is 11.5 Å². The highest BCUT2D eigenvalue weighted by Crippen LogP contribution is 2.38. The highest BCUT2D eigenvalue weighted by Gasteiger charge is 2.28. The van der Waals surface area contributed by atoms with Crippen molar-refractivity contribution in [3.63, 3.8) is 0 Å². The van der Waals surface area contributed by atoms with E-state index < -0.39 is 0 Å². The van der Waals surface area contributed by atoms with Gasteiger partial charge in [0.25, 0.3) is 0 Å². The molecule has 96 valence electrons. The monoisotopic (exact) mass is 256 g/mol. The van der Waals surface area contributed by atoms with Crippen LogP contribution in [0.4, 0.5) is 0 Å². The molecule has 0 heterocycles. The topological polar surface area (TPSA) is 61.3 Å². The van der Waals surface area contributed by atoms with Crippen molar-refractivity contribution in [2.45, 2.75) is 26.3 Å². The first kappa shape index (κ1) is 14.3. The molecule has 1 aromatic carbocycles. The zero-order valence-electron chi connectivity index (χ0n) is 10.7. The summed E-state index contributed by atoms with van der Waals surface area (Å²) in [5, 5.41) is 0.641. The summed E-state index contributed by atoms with van der Waals surface area (Å²) in [6.07, 6.45) is 0.858. The maximum atomic E-state index is 6.27. The lowest BCUT2D eigenvalue weighted by molar-refractivity contribution is 0.271. The molecule has 1 aromatic rings. The SMILES string of the molecule is COc1ccc(C(N)C(C)(C)CCN)c(Cl)c1. The third-order valence-electron chi connectivity index (χ3n) is 3.17. The summed E-state index contributed by atoms with van der Waals surface area (Å²) in [4.78, 5) is 0. The van der Waals surface area contributed by atoms with Crippen molar-refractivity contribution in [2.24, 2.45) is 16.9 Å². The van der Waals surface area contributed by atoms with E-state index in [1.54, 1.807) is 13.2 Å². The maximum Gasteiger partial charge on any atom is 0.120 e. The molecule has 0 bridgehead atoms. The number of hydrogen-bond donors (Lipinski definition) is 2. The van der Waals surface area contributed by atoms with Crippen molar-refractivity contribution in [1.82, 2.24) is 0 Å². The van der Waals surface area contributed by atoms with Gasteiger partial charge in [-0.15, -0.1) is 0 Å². The fourth-order valence-electron chi connectivity index (χ4n) is 1.84. The van der Waals surface area contributed by atoms with Crippen LogP contribution in [0.15, 0.2) is 18.2 Å². The van der Waals surface area contributed by atoms with Crippen LogP contribution in [-0.4, -0.2) is 13.7 Å². The van der Waals surface area contributed by atoms with Crippen molar-refractivity contribution < 1.29 is 4.74 Å². The van der Waals surface area contributed by atoms with E-state index in [0.717, 1.165) is 17.7 Å². The number of halogens is 1. The van der Waals surface area contributed by atoms with E-state index in [1.807, 2.05) is 12.1 Å². The zero-order chi connectivity index (χ0) is 13.1. The minimum atomic E-state index is -0.135. The molecule has 1 rings (SSSR count). The van der Waals surface area contributed by atoms with E-state index in [2.05, 4.69) is 13.8 Å². The number of methoxy groups -OCH3 is 1. The van der Waals surface area contributed by atoms with Gasteiger partial charge in [0.1, 0.15) is 5.75 Å². The number of rotatable bonds is 5. The van der Waals surface area contributed by atoms with Gasteiger partial charge in [-0.1, -0.05) is 31.5 Å². The second kappa shape index (κ2) is 5.71. The molecule has 4 N–H and O–H groups in total. The van der Waals surface area contributed by atoms with Crippen LogP contribution >= 0.6 is 11.6 Å². The average Bonchev–Trinajstić information content (AvgIpc) is 2.28. The Kier molecular flexibility index (Phi) is 4.80. The Labute approximate surface area is 108 Å². The van der Waals surface area contributed by atoms with Crippen molar-refractivity contribution in [1.29, 1.82) is 0 Å². The van der Waals surface area contributed by atoms with E-state index in [1.165, 1.54) is 0 Å². The summed E-state index contributed by atoms with van der Waals surface area (Å²) in [5.74, 6) is 0.739. The summed E-state index contributed by atoms with van der Waals surface area (Å²) in [5.41, 5.74) is 12.7. The van der Waals surface area contributed by atoms with Gasteiger partial charge in [-0.2, -0.15) is 0 Å². The molecule has 0 aliphatic carbocycles. The standard InChI is InChI=1S/C13H21ClN2O/c1-13(2,6-7-15)12(16)10-5-4-9(17-3)8-11(10)14/h4-5,8,12H,6-7,15-16H2,1-3H3. The van der Waals surface area contributed by atoms with Crippen molar-refractivity contribution in [3.8, 4) is 5.75 Å². The molecule has 3 nitrogen and oxygen atoms in total. The Morgan fingerprint density at radius 2 is 2.06 bits per heavy atom. The van der Waals surface area contributed by atoms with Gasteiger partial charge in [-0.25, -0.2) is 0 Å². The van der Waals surface area contributed by atoms with Crippen LogP contribution in [-0.2, 0) is 0 Å². The van der Waals surface area contributed by atoms with Crippen molar-refractivity contribution in [2.75, 3.05) is 13.7 Å². The third-order valence-corrected chi connectivity index (χ3v) is 3.50. The van der Waals surface area contributed by atoms with Crippen LogP contribution in [0.3, 0.4) is 0 Å². The summed E-state index contributed by atoms with van der Waals surface area (Å²) >= 11 is 6.22. The first-order valence-electron chi connectivity index (χ1n) is 5.71. The van der Waals surface area contributed by atoms with Gasteiger partial charge in [0.05, 0.1) is 7.11 Å². The first-order chi connectivity index (χ1) is 7.92. The van der Waals surface area contributed by atoms with Gasteiger partial charge in [-0.3, -0.25) is 0 Å². The van der Waals surface area contributed by atoms with Gasteiger partial charge in [0.2, 0.25) is 0 Å².